The van der Waals surface area contributed by atoms with Crippen LogP contribution in [-0.4, -0.2) is 36.4 Å². The highest BCUT2D eigenvalue weighted by atomic mass is 16.5. The van der Waals surface area contributed by atoms with Crippen LogP contribution in [0.15, 0.2) is 0 Å². The van der Waals surface area contributed by atoms with Crippen molar-refractivity contribution in [3.05, 3.63) is 0 Å². The normalized spacial score (nSPS) is 10.9. The van der Waals surface area contributed by atoms with E-state index >= 15 is 0 Å². The standard InChI is InChI=1S/C21H40O5/c1-3-5-7-9-11-13-15-25-20(23)17-19(22)18-21(24)26-16-14-12-10-8-6-4-2/h19,22H,3-18H2,1-2H3. The molecule has 26 heavy (non-hydrogen) atoms. The number of aliphatic hydroxyl groups is 1. The second kappa shape index (κ2) is 18.7. The number of ether oxygens (including phenoxy) is 2. The average Bonchev–Trinajstić information content (AvgIpc) is 2.60. The SMILES string of the molecule is CCCCCCCCOC(=O)CC(O)CC(=O)OCCCCCCCC. The van der Waals surface area contributed by atoms with Gasteiger partial charge in [0, 0.05) is 0 Å². The van der Waals surface area contributed by atoms with Gasteiger partial charge in [0.05, 0.1) is 32.2 Å². The first-order valence-electron chi connectivity index (χ1n) is 10.6. The molecule has 0 rings (SSSR count). The van der Waals surface area contributed by atoms with Gasteiger partial charge in [-0.05, 0) is 12.8 Å². The summed E-state index contributed by atoms with van der Waals surface area (Å²) in [5.41, 5.74) is 0. The smallest absolute Gasteiger partial charge is 0.308 e. The van der Waals surface area contributed by atoms with E-state index in [0.717, 1.165) is 25.7 Å². The zero-order valence-corrected chi connectivity index (χ0v) is 17.0. The van der Waals surface area contributed by atoms with Crippen molar-refractivity contribution in [3.8, 4) is 0 Å². The van der Waals surface area contributed by atoms with Crippen molar-refractivity contribution in [1.82, 2.24) is 0 Å². The zero-order chi connectivity index (χ0) is 19.5. The summed E-state index contributed by atoms with van der Waals surface area (Å²) in [5, 5.41) is 9.79. The average molecular weight is 373 g/mol. The molecule has 5 heteroatoms. The molecule has 5 nitrogen and oxygen atoms in total. The Hall–Kier alpha value is -1.10. The molecule has 0 spiro atoms. The molecule has 154 valence electrons. The van der Waals surface area contributed by atoms with Crippen LogP contribution in [-0.2, 0) is 19.1 Å². The molecule has 0 aromatic rings. The molecule has 0 fully saturated rings. The van der Waals surface area contributed by atoms with Crippen LogP contribution in [0.3, 0.4) is 0 Å². The Morgan fingerprint density at radius 1 is 0.654 bits per heavy atom. The van der Waals surface area contributed by atoms with E-state index in [9.17, 15) is 14.7 Å². The summed E-state index contributed by atoms with van der Waals surface area (Å²) in [6, 6.07) is 0. The second-order valence-corrected chi connectivity index (χ2v) is 7.04. The molecule has 0 atom stereocenters. The Bertz CT molecular complexity index is 311. The monoisotopic (exact) mass is 372 g/mol. The number of aliphatic hydroxyl groups excluding tert-OH is 1. The molecule has 0 amide bonds. The Balaban J connectivity index is 3.53. The van der Waals surface area contributed by atoms with Gasteiger partial charge in [-0.3, -0.25) is 9.59 Å². The van der Waals surface area contributed by atoms with Gasteiger partial charge in [-0.2, -0.15) is 0 Å². The molecule has 0 saturated heterocycles. The van der Waals surface area contributed by atoms with Gasteiger partial charge in [0.15, 0.2) is 0 Å². The van der Waals surface area contributed by atoms with Crippen LogP contribution in [0.5, 0.6) is 0 Å². The van der Waals surface area contributed by atoms with Gasteiger partial charge in [0.1, 0.15) is 0 Å². The van der Waals surface area contributed by atoms with E-state index in [1.165, 1.54) is 51.4 Å². The third-order valence-corrected chi connectivity index (χ3v) is 4.33. The third kappa shape index (κ3) is 17.7. The summed E-state index contributed by atoms with van der Waals surface area (Å²) in [5.74, 6) is -0.899. The van der Waals surface area contributed by atoms with Crippen LogP contribution in [0.4, 0.5) is 0 Å². The number of hydrogen-bond donors (Lipinski definition) is 1. The van der Waals surface area contributed by atoms with Crippen molar-refractivity contribution < 1.29 is 24.2 Å². The first-order valence-corrected chi connectivity index (χ1v) is 10.6. The summed E-state index contributed by atoms with van der Waals surface area (Å²) in [4.78, 5) is 23.2. The predicted octanol–water partition coefficient (Wildman–Crippen LogP) is 4.93. The quantitative estimate of drug-likeness (QED) is 0.273. The number of rotatable bonds is 18. The summed E-state index contributed by atoms with van der Waals surface area (Å²) in [7, 11) is 0. The molecule has 0 aromatic carbocycles. The number of hydrogen-bond acceptors (Lipinski definition) is 5. The van der Waals surface area contributed by atoms with Gasteiger partial charge in [0.25, 0.3) is 0 Å². The van der Waals surface area contributed by atoms with E-state index < -0.39 is 18.0 Å². The molecule has 0 radical (unpaired) electrons. The Morgan fingerprint density at radius 3 is 1.38 bits per heavy atom. The summed E-state index contributed by atoms with van der Waals surface area (Å²) < 4.78 is 10.2. The minimum atomic E-state index is -1.02. The lowest BCUT2D eigenvalue weighted by atomic mass is 10.1. The van der Waals surface area contributed by atoms with Gasteiger partial charge in [-0.15, -0.1) is 0 Å². The lowest BCUT2D eigenvalue weighted by Crippen LogP contribution is -2.21. The Morgan fingerprint density at radius 2 is 1.00 bits per heavy atom. The second-order valence-electron chi connectivity index (χ2n) is 7.04. The minimum Gasteiger partial charge on any atom is -0.466 e. The molecule has 0 unspecified atom stereocenters. The molecule has 1 N–H and O–H groups in total. The fourth-order valence-electron chi connectivity index (χ4n) is 2.71. The number of esters is 2. The highest BCUT2D eigenvalue weighted by molar-refractivity contribution is 5.73. The van der Waals surface area contributed by atoms with Crippen LogP contribution in [0.2, 0.25) is 0 Å². The fourth-order valence-corrected chi connectivity index (χ4v) is 2.71. The van der Waals surface area contributed by atoms with Crippen molar-refractivity contribution >= 4 is 11.9 Å². The van der Waals surface area contributed by atoms with Crippen molar-refractivity contribution in [3.63, 3.8) is 0 Å². The maximum Gasteiger partial charge on any atom is 0.308 e. The molecule has 0 aliphatic rings. The molecule has 0 bridgehead atoms. The van der Waals surface area contributed by atoms with Crippen molar-refractivity contribution in [2.45, 2.75) is 110 Å². The van der Waals surface area contributed by atoms with E-state index in [4.69, 9.17) is 9.47 Å². The molecule has 0 saturated carbocycles. The van der Waals surface area contributed by atoms with Crippen LogP contribution in [0.25, 0.3) is 0 Å². The largest absolute Gasteiger partial charge is 0.466 e. The zero-order valence-electron chi connectivity index (χ0n) is 17.0. The van der Waals surface area contributed by atoms with Gasteiger partial charge < -0.3 is 14.6 Å². The van der Waals surface area contributed by atoms with E-state index in [0.29, 0.717) is 13.2 Å². The summed E-state index contributed by atoms with van der Waals surface area (Å²) >= 11 is 0. The maximum absolute atomic E-state index is 11.6. The van der Waals surface area contributed by atoms with Crippen molar-refractivity contribution in [2.24, 2.45) is 0 Å². The van der Waals surface area contributed by atoms with Crippen molar-refractivity contribution in [1.29, 1.82) is 0 Å². The highest BCUT2D eigenvalue weighted by Crippen LogP contribution is 2.08. The molecular formula is C21H40O5. The lowest BCUT2D eigenvalue weighted by molar-refractivity contribution is -0.149. The van der Waals surface area contributed by atoms with E-state index in [1.54, 1.807) is 0 Å². The number of unbranched alkanes of at least 4 members (excludes halogenated alkanes) is 10. The fraction of sp³-hybridized carbons (Fsp3) is 0.905. The predicted molar refractivity (Wildman–Crippen MR) is 104 cm³/mol. The minimum absolute atomic E-state index is 0.151. The lowest BCUT2D eigenvalue weighted by Gasteiger charge is -2.10. The van der Waals surface area contributed by atoms with E-state index in [2.05, 4.69) is 13.8 Å². The highest BCUT2D eigenvalue weighted by Gasteiger charge is 2.16. The molecule has 0 heterocycles. The molecule has 0 aliphatic carbocycles. The topological polar surface area (TPSA) is 72.8 Å². The molecule has 0 aromatic heterocycles. The van der Waals surface area contributed by atoms with E-state index in [1.807, 2.05) is 0 Å². The van der Waals surface area contributed by atoms with Gasteiger partial charge in [-0.25, -0.2) is 0 Å². The summed E-state index contributed by atoms with van der Waals surface area (Å²) in [6.07, 6.45) is 12.2. The Labute approximate surface area is 159 Å². The first kappa shape index (κ1) is 24.9. The van der Waals surface area contributed by atoms with Crippen LogP contribution in [0.1, 0.15) is 104 Å². The number of carbonyl (C=O) groups excluding carboxylic acids is 2. The Kier molecular flexibility index (Phi) is 17.9. The van der Waals surface area contributed by atoms with Gasteiger partial charge >= 0.3 is 11.9 Å². The molecule has 0 aliphatic heterocycles. The van der Waals surface area contributed by atoms with E-state index in [-0.39, 0.29) is 12.8 Å². The maximum atomic E-state index is 11.6. The van der Waals surface area contributed by atoms with Gasteiger partial charge in [-0.1, -0.05) is 78.1 Å². The molecular weight excluding hydrogens is 332 g/mol. The first-order chi connectivity index (χ1) is 12.6. The van der Waals surface area contributed by atoms with Crippen LogP contribution in [0, 0.1) is 0 Å². The van der Waals surface area contributed by atoms with Crippen LogP contribution < -0.4 is 0 Å². The van der Waals surface area contributed by atoms with Crippen LogP contribution >= 0.6 is 0 Å². The van der Waals surface area contributed by atoms with Gasteiger partial charge in [0.2, 0.25) is 0 Å². The third-order valence-electron chi connectivity index (χ3n) is 4.33. The number of carbonyl (C=O) groups is 2. The van der Waals surface area contributed by atoms with Crippen molar-refractivity contribution in [2.75, 3.05) is 13.2 Å². The summed E-state index contributed by atoms with van der Waals surface area (Å²) in [6.45, 7) is 5.13.